The number of fused-ring (bicyclic) bond motifs is 1. The van der Waals surface area contributed by atoms with Crippen LogP contribution in [0.15, 0.2) is 18.2 Å². The molecule has 1 unspecified atom stereocenters. The first-order valence-corrected chi connectivity index (χ1v) is 5.59. The fraction of sp³-hybridized carbons (Fsp3) is 0.538. The number of benzene rings is 1. The lowest BCUT2D eigenvalue weighted by atomic mass is 9.46. The normalized spacial score (nSPS) is 26.2. The molecule has 0 saturated carbocycles. The minimum absolute atomic E-state index is 0.0152. The maximum Gasteiger partial charge on any atom is 0.399 e. The van der Waals surface area contributed by atoms with E-state index in [9.17, 15) is 18.3 Å². The number of halogens is 3. The highest BCUT2D eigenvalue weighted by molar-refractivity contribution is 5.57. The average Bonchev–Trinajstić information content (AvgIpc) is 2.18. The van der Waals surface area contributed by atoms with Gasteiger partial charge in [0.15, 0.2) is 0 Å². The Morgan fingerprint density at radius 2 is 1.76 bits per heavy atom. The number of hydrogen-bond donors (Lipinski definition) is 1. The van der Waals surface area contributed by atoms with E-state index in [0.29, 0.717) is 11.1 Å². The first kappa shape index (κ1) is 12.3. The van der Waals surface area contributed by atoms with E-state index in [1.165, 1.54) is 18.2 Å². The largest absolute Gasteiger partial charge is 0.508 e. The highest BCUT2D eigenvalue weighted by atomic mass is 19.4. The van der Waals surface area contributed by atoms with Gasteiger partial charge in [0.25, 0.3) is 0 Å². The van der Waals surface area contributed by atoms with Crippen LogP contribution >= 0.6 is 0 Å². The van der Waals surface area contributed by atoms with Crippen LogP contribution in [0.2, 0.25) is 0 Å². The average molecular weight is 244 g/mol. The van der Waals surface area contributed by atoms with Gasteiger partial charge in [-0.3, -0.25) is 0 Å². The molecule has 1 aromatic rings. The summed E-state index contributed by atoms with van der Waals surface area (Å²) in [6.45, 7) is 4.74. The van der Waals surface area contributed by atoms with Crippen molar-refractivity contribution >= 4 is 0 Å². The smallest absolute Gasteiger partial charge is 0.399 e. The van der Waals surface area contributed by atoms with E-state index in [4.69, 9.17) is 0 Å². The lowest BCUT2D eigenvalue weighted by Crippen LogP contribution is -2.63. The van der Waals surface area contributed by atoms with E-state index >= 15 is 0 Å². The summed E-state index contributed by atoms with van der Waals surface area (Å²) in [4.78, 5) is 0. The molecule has 1 atom stereocenters. The fourth-order valence-electron chi connectivity index (χ4n) is 3.27. The Labute approximate surface area is 98.3 Å². The number of rotatable bonds is 1. The third-order valence-corrected chi connectivity index (χ3v) is 4.22. The van der Waals surface area contributed by atoms with Gasteiger partial charge in [-0.05, 0) is 29.7 Å². The molecule has 0 radical (unpaired) electrons. The van der Waals surface area contributed by atoms with Crippen molar-refractivity contribution in [2.24, 2.45) is 0 Å². The van der Waals surface area contributed by atoms with Gasteiger partial charge in [-0.2, -0.15) is 13.2 Å². The van der Waals surface area contributed by atoms with Crippen molar-refractivity contribution in [3.05, 3.63) is 29.3 Å². The Balaban J connectivity index is 2.69. The maximum atomic E-state index is 13.4. The minimum Gasteiger partial charge on any atom is -0.508 e. The van der Waals surface area contributed by atoms with Crippen LogP contribution < -0.4 is 0 Å². The number of aromatic hydroxyl groups is 1. The molecule has 0 amide bonds. The third-order valence-electron chi connectivity index (χ3n) is 4.22. The summed E-state index contributed by atoms with van der Waals surface area (Å²) in [7, 11) is 0. The van der Waals surface area contributed by atoms with Crippen LogP contribution in [0, 0.1) is 0 Å². The van der Waals surface area contributed by atoms with Crippen LogP contribution in [-0.2, 0) is 10.8 Å². The fourth-order valence-corrected chi connectivity index (χ4v) is 3.27. The molecule has 1 aromatic carbocycles. The molecule has 1 aliphatic rings. The van der Waals surface area contributed by atoms with Crippen molar-refractivity contribution in [1.29, 1.82) is 0 Å². The molecule has 1 N–H and O–H groups in total. The second kappa shape index (κ2) is 3.18. The van der Waals surface area contributed by atoms with Gasteiger partial charge in [-0.25, -0.2) is 0 Å². The number of phenolic OH excluding ortho intramolecular Hbond substituents is 1. The molecule has 0 aliphatic heterocycles. The Hall–Kier alpha value is -1.19. The van der Waals surface area contributed by atoms with Crippen molar-refractivity contribution in [3.63, 3.8) is 0 Å². The Kier molecular flexibility index (Phi) is 2.29. The molecule has 0 fully saturated rings. The number of phenols is 1. The first-order chi connectivity index (χ1) is 7.68. The minimum atomic E-state index is -4.27. The molecule has 4 heteroatoms. The van der Waals surface area contributed by atoms with Gasteiger partial charge in [0.1, 0.15) is 11.2 Å². The Morgan fingerprint density at radius 1 is 1.18 bits per heavy atom. The van der Waals surface area contributed by atoms with Gasteiger partial charge < -0.3 is 5.11 Å². The van der Waals surface area contributed by atoms with Crippen molar-refractivity contribution in [2.75, 3.05) is 0 Å². The topological polar surface area (TPSA) is 20.2 Å². The summed E-state index contributed by atoms with van der Waals surface area (Å²) in [5.41, 5.74) is -1.89. The van der Waals surface area contributed by atoms with Crippen LogP contribution in [-0.4, -0.2) is 11.3 Å². The van der Waals surface area contributed by atoms with Crippen LogP contribution in [0.5, 0.6) is 5.75 Å². The predicted octanol–water partition coefficient (Wildman–Crippen LogP) is 3.89. The monoisotopic (exact) mass is 244 g/mol. The second-order valence-electron chi connectivity index (χ2n) is 5.11. The quantitative estimate of drug-likeness (QED) is 0.794. The summed E-state index contributed by atoms with van der Waals surface area (Å²) in [5.74, 6) is 0.0173. The van der Waals surface area contributed by atoms with E-state index in [2.05, 4.69) is 0 Å². The SMILES string of the molecule is CCC1(C(F)(F)F)c2ccc(O)cc2C1(C)C. The zero-order valence-electron chi connectivity index (χ0n) is 10.0. The zero-order chi connectivity index (χ0) is 13.1. The molecule has 1 aliphatic carbocycles. The lowest BCUT2D eigenvalue weighted by molar-refractivity contribution is -0.221. The van der Waals surface area contributed by atoms with Gasteiger partial charge in [0.2, 0.25) is 0 Å². The molecule has 0 bridgehead atoms. The van der Waals surface area contributed by atoms with Crippen molar-refractivity contribution in [1.82, 2.24) is 0 Å². The molecule has 2 rings (SSSR count). The van der Waals surface area contributed by atoms with Crippen LogP contribution in [0.3, 0.4) is 0 Å². The van der Waals surface area contributed by atoms with Crippen LogP contribution in [0.25, 0.3) is 0 Å². The molecular weight excluding hydrogens is 229 g/mol. The molecular formula is C13H15F3O. The van der Waals surface area contributed by atoms with E-state index in [-0.39, 0.29) is 12.2 Å². The van der Waals surface area contributed by atoms with Gasteiger partial charge in [-0.15, -0.1) is 0 Å². The van der Waals surface area contributed by atoms with E-state index < -0.39 is 17.0 Å². The molecule has 0 spiro atoms. The zero-order valence-corrected chi connectivity index (χ0v) is 10.0. The lowest BCUT2D eigenvalue weighted by Gasteiger charge is -2.57. The highest BCUT2D eigenvalue weighted by Gasteiger charge is 2.70. The Bertz CT molecular complexity index is 462. The van der Waals surface area contributed by atoms with Gasteiger partial charge in [0, 0.05) is 5.41 Å². The molecule has 17 heavy (non-hydrogen) atoms. The summed E-state index contributed by atoms with van der Waals surface area (Å²) < 4.78 is 40.1. The van der Waals surface area contributed by atoms with Gasteiger partial charge >= 0.3 is 6.18 Å². The predicted molar refractivity (Wildman–Crippen MR) is 59.2 cm³/mol. The molecule has 0 heterocycles. The number of alkyl halides is 3. The molecule has 0 aromatic heterocycles. The van der Waals surface area contributed by atoms with Crippen molar-refractivity contribution in [3.8, 4) is 5.75 Å². The van der Waals surface area contributed by atoms with Crippen molar-refractivity contribution in [2.45, 2.75) is 44.2 Å². The van der Waals surface area contributed by atoms with Gasteiger partial charge in [0.05, 0.1) is 0 Å². The summed E-state index contributed by atoms with van der Waals surface area (Å²) in [6, 6.07) is 4.16. The van der Waals surface area contributed by atoms with Crippen molar-refractivity contribution < 1.29 is 18.3 Å². The van der Waals surface area contributed by atoms with Crippen LogP contribution in [0.1, 0.15) is 38.3 Å². The van der Waals surface area contributed by atoms with E-state index in [1.807, 2.05) is 0 Å². The number of hydrogen-bond acceptors (Lipinski definition) is 1. The summed E-state index contributed by atoms with van der Waals surface area (Å²) in [5, 5.41) is 9.37. The van der Waals surface area contributed by atoms with E-state index in [0.717, 1.165) is 0 Å². The maximum absolute atomic E-state index is 13.4. The second-order valence-corrected chi connectivity index (χ2v) is 5.11. The van der Waals surface area contributed by atoms with Crippen LogP contribution in [0.4, 0.5) is 13.2 Å². The first-order valence-electron chi connectivity index (χ1n) is 5.59. The third kappa shape index (κ3) is 1.21. The molecule has 1 nitrogen and oxygen atoms in total. The summed E-state index contributed by atoms with van der Waals surface area (Å²) >= 11 is 0. The molecule has 0 saturated heterocycles. The molecule has 94 valence electrons. The Morgan fingerprint density at radius 3 is 2.24 bits per heavy atom. The highest BCUT2D eigenvalue weighted by Crippen LogP contribution is 2.65. The summed E-state index contributed by atoms with van der Waals surface area (Å²) in [6.07, 6.45) is -4.25. The van der Waals surface area contributed by atoms with E-state index in [1.54, 1.807) is 20.8 Å². The standard InChI is InChI=1S/C13H15F3O/c1-4-12(13(14,15)16)9-6-5-8(17)7-10(9)11(12,2)3/h5-7,17H,4H2,1-3H3. The van der Waals surface area contributed by atoms with Gasteiger partial charge in [-0.1, -0.05) is 26.8 Å².